The number of halogens is 1. The zero-order valence-electron chi connectivity index (χ0n) is 12.8. The van der Waals surface area contributed by atoms with Gasteiger partial charge in [0.25, 0.3) is 0 Å². The fourth-order valence-corrected chi connectivity index (χ4v) is 2.47. The van der Waals surface area contributed by atoms with Crippen molar-refractivity contribution < 1.29 is 4.39 Å². The molecular weight excluding hydrogens is 271 g/mol. The van der Waals surface area contributed by atoms with Crippen molar-refractivity contribution in [1.29, 1.82) is 0 Å². The summed E-state index contributed by atoms with van der Waals surface area (Å²) in [6.07, 6.45) is 0.705. The lowest BCUT2D eigenvalue weighted by Crippen LogP contribution is -1.89. The maximum atomic E-state index is 14.3. The summed E-state index contributed by atoms with van der Waals surface area (Å²) in [6.45, 7) is 4.02. The first-order valence-electron chi connectivity index (χ1n) is 7.47. The Morgan fingerprint density at radius 1 is 0.864 bits per heavy atom. The third-order valence-electron chi connectivity index (χ3n) is 3.82. The third kappa shape index (κ3) is 2.87. The predicted octanol–water partition coefficient (Wildman–Crippen LogP) is 5.25. The van der Waals surface area contributed by atoms with Gasteiger partial charge in [-0.25, -0.2) is 4.39 Å². The summed E-state index contributed by atoms with van der Waals surface area (Å²) in [5.74, 6) is 6.18. The molecule has 1 heteroatoms. The highest BCUT2D eigenvalue weighted by Crippen LogP contribution is 2.22. The molecule has 0 saturated heterocycles. The number of aryl methyl sites for hydroxylation is 2. The van der Waals surface area contributed by atoms with Gasteiger partial charge in [-0.1, -0.05) is 54.7 Å². The molecule has 0 nitrogen and oxygen atoms in total. The molecule has 0 aliphatic rings. The zero-order valence-corrected chi connectivity index (χ0v) is 12.8. The van der Waals surface area contributed by atoms with Crippen molar-refractivity contribution in [2.24, 2.45) is 0 Å². The molecule has 0 radical (unpaired) electrons. The van der Waals surface area contributed by atoms with Crippen molar-refractivity contribution in [3.05, 3.63) is 82.7 Å². The molecule has 0 N–H and O–H groups in total. The Morgan fingerprint density at radius 3 is 2.27 bits per heavy atom. The molecule has 0 aromatic heterocycles. The van der Waals surface area contributed by atoms with Crippen LogP contribution in [0.5, 0.6) is 0 Å². The van der Waals surface area contributed by atoms with E-state index in [4.69, 9.17) is 0 Å². The summed E-state index contributed by atoms with van der Waals surface area (Å²) in [4.78, 5) is 0. The topological polar surface area (TPSA) is 0 Å². The maximum Gasteiger partial charge on any atom is 0.134 e. The molecule has 3 aromatic carbocycles. The van der Waals surface area contributed by atoms with Gasteiger partial charge >= 0.3 is 0 Å². The normalized spacial score (nSPS) is 10.3. The lowest BCUT2D eigenvalue weighted by atomic mass is 10.0. The monoisotopic (exact) mass is 288 g/mol. The smallest absolute Gasteiger partial charge is 0.134 e. The molecule has 0 aliphatic heterocycles. The van der Waals surface area contributed by atoms with E-state index in [9.17, 15) is 4.39 Å². The van der Waals surface area contributed by atoms with Crippen LogP contribution in [-0.2, 0) is 6.42 Å². The molecule has 3 aromatic rings. The van der Waals surface area contributed by atoms with Gasteiger partial charge in [0, 0.05) is 16.5 Å². The van der Waals surface area contributed by atoms with E-state index in [2.05, 4.69) is 18.8 Å². The summed E-state index contributed by atoms with van der Waals surface area (Å²) in [5, 5.41) is 1.56. The van der Waals surface area contributed by atoms with E-state index in [1.54, 1.807) is 0 Å². The van der Waals surface area contributed by atoms with Gasteiger partial charge in [0.15, 0.2) is 0 Å². The molecule has 108 valence electrons. The van der Waals surface area contributed by atoms with E-state index >= 15 is 0 Å². The average Bonchev–Trinajstić information content (AvgIpc) is 2.55. The van der Waals surface area contributed by atoms with Crippen LogP contribution >= 0.6 is 0 Å². The highest BCUT2D eigenvalue weighted by Gasteiger charge is 2.05. The summed E-state index contributed by atoms with van der Waals surface area (Å²) in [6, 6.07) is 17.6. The minimum absolute atomic E-state index is 0.113. The predicted molar refractivity (Wildman–Crippen MR) is 90.4 cm³/mol. The van der Waals surface area contributed by atoms with Crippen molar-refractivity contribution in [3.8, 4) is 11.8 Å². The Labute approximate surface area is 130 Å². The summed E-state index contributed by atoms with van der Waals surface area (Å²) in [5.41, 5.74) is 3.86. The van der Waals surface area contributed by atoms with Crippen LogP contribution in [0.25, 0.3) is 10.8 Å². The fourth-order valence-electron chi connectivity index (χ4n) is 2.47. The first-order chi connectivity index (χ1) is 10.7. The first kappa shape index (κ1) is 14.4. The van der Waals surface area contributed by atoms with Crippen LogP contribution < -0.4 is 0 Å². The average molecular weight is 288 g/mol. The Balaban J connectivity index is 1.98. The molecule has 22 heavy (non-hydrogen) atoms. The Bertz CT molecular complexity index is 877. The lowest BCUT2D eigenvalue weighted by molar-refractivity contribution is 0.624. The minimum atomic E-state index is -0.113. The Hall–Kier alpha value is -2.59. The molecule has 0 atom stereocenters. The summed E-state index contributed by atoms with van der Waals surface area (Å²) >= 11 is 0. The van der Waals surface area contributed by atoms with Crippen LogP contribution in [0.1, 0.15) is 29.2 Å². The van der Waals surface area contributed by atoms with Gasteiger partial charge in [0.2, 0.25) is 0 Å². The molecular formula is C21H17F. The van der Waals surface area contributed by atoms with Crippen molar-refractivity contribution >= 4 is 10.8 Å². The fraction of sp³-hybridized carbons (Fsp3) is 0.143. The van der Waals surface area contributed by atoms with Gasteiger partial charge in [-0.3, -0.25) is 0 Å². The second-order valence-corrected chi connectivity index (χ2v) is 5.44. The quantitative estimate of drug-likeness (QED) is 0.536. The molecule has 0 unspecified atom stereocenters. The van der Waals surface area contributed by atoms with Gasteiger partial charge in [-0.05, 0) is 48.6 Å². The maximum absolute atomic E-state index is 14.3. The molecule has 0 heterocycles. The molecule has 3 rings (SSSR count). The van der Waals surface area contributed by atoms with Crippen LogP contribution in [0, 0.1) is 24.6 Å². The van der Waals surface area contributed by atoms with Gasteiger partial charge < -0.3 is 0 Å². The lowest BCUT2D eigenvalue weighted by Gasteiger charge is -2.04. The number of rotatable bonds is 1. The van der Waals surface area contributed by atoms with E-state index in [0.717, 1.165) is 22.1 Å². The minimum Gasteiger partial charge on any atom is -0.206 e. The number of fused-ring (bicyclic) bond motifs is 1. The zero-order chi connectivity index (χ0) is 15.5. The number of benzene rings is 3. The molecule has 0 spiro atoms. The SMILES string of the molecule is CCc1ccc2cc(C#Cc3ccc(C)cc3)ccc2c1F. The van der Waals surface area contributed by atoms with E-state index < -0.39 is 0 Å². The number of hydrogen-bond donors (Lipinski definition) is 0. The van der Waals surface area contributed by atoms with Crippen LogP contribution in [-0.4, -0.2) is 0 Å². The van der Waals surface area contributed by atoms with Crippen molar-refractivity contribution in [1.82, 2.24) is 0 Å². The highest BCUT2D eigenvalue weighted by atomic mass is 19.1. The van der Waals surface area contributed by atoms with Crippen molar-refractivity contribution in [2.45, 2.75) is 20.3 Å². The van der Waals surface area contributed by atoms with Crippen molar-refractivity contribution in [2.75, 3.05) is 0 Å². The second-order valence-electron chi connectivity index (χ2n) is 5.44. The van der Waals surface area contributed by atoms with E-state index in [0.29, 0.717) is 11.8 Å². The largest absolute Gasteiger partial charge is 0.206 e. The van der Waals surface area contributed by atoms with Crippen LogP contribution in [0.2, 0.25) is 0 Å². The Kier molecular flexibility index (Phi) is 3.94. The molecule has 0 fully saturated rings. The van der Waals surface area contributed by atoms with Crippen LogP contribution in [0.3, 0.4) is 0 Å². The van der Waals surface area contributed by atoms with Gasteiger partial charge in [-0.2, -0.15) is 0 Å². The van der Waals surface area contributed by atoms with E-state index in [1.807, 2.05) is 61.5 Å². The van der Waals surface area contributed by atoms with Gasteiger partial charge in [0.05, 0.1) is 0 Å². The molecule has 0 aliphatic carbocycles. The molecule has 0 amide bonds. The van der Waals surface area contributed by atoms with Gasteiger partial charge in [-0.15, -0.1) is 0 Å². The first-order valence-corrected chi connectivity index (χ1v) is 7.47. The highest BCUT2D eigenvalue weighted by molar-refractivity contribution is 5.85. The van der Waals surface area contributed by atoms with Crippen LogP contribution in [0.15, 0.2) is 54.6 Å². The van der Waals surface area contributed by atoms with Gasteiger partial charge in [0.1, 0.15) is 5.82 Å². The summed E-state index contributed by atoms with van der Waals surface area (Å²) < 4.78 is 14.3. The second kappa shape index (κ2) is 6.03. The number of hydrogen-bond acceptors (Lipinski definition) is 0. The Morgan fingerprint density at radius 2 is 1.55 bits per heavy atom. The van der Waals surface area contributed by atoms with E-state index in [1.165, 1.54) is 5.56 Å². The molecule has 0 bridgehead atoms. The standard InChI is InChI=1S/C21H17F/c1-3-18-11-12-19-14-17(10-13-20(19)21(18)22)9-8-16-6-4-15(2)5-7-16/h4-7,10-14H,3H2,1-2H3. The van der Waals surface area contributed by atoms with Crippen LogP contribution in [0.4, 0.5) is 4.39 Å². The van der Waals surface area contributed by atoms with E-state index in [-0.39, 0.29) is 5.82 Å². The molecule has 0 saturated carbocycles. The third-order valence-corrected chi connectivity index (χ3v) is 3.82. The summed E-state index contributed by atoms with van der Waals surface area (Å²) in [7, 11) is 0. The van der Waals surface area contributed by atoms with Crippen molar-refractivity contribution in [3.63, 3.8) is 0 Å².